The van der Waals surface area contributed by atoms with Gasteiger partial charge in [-0.15, -0.1) is 11.3 Å². The molecular weight excluding hydrogens is 378 g/mol. The predicted octanol–water partition coefficient (Wildman–Crippen LogP) is 3.19. The first kappa shape index (κ1) is 19.5. The number of nitrogens with zero attached hydrogens (tertiary/aromatic N) is 2. The van der Waals surface area contributed by atoms with Gasteiger partial charge in [-0.2, -0.15) is 4.73 Å². The molecule has 1 N–H and O–H groups in total. The van der Waals surface area contributed by atoms with Gasteiger partial charge >= 0.3 is 5.97 Å². The highest BCUT2D eigenvalue weighted by molar-refractivity contribution is 7.14. The van der Waals surface area contributed by atoms with Gasteiger partial charge in [0.2, 0.25) is 0 Å². The number of carbonyl (C=O) groups is 2. The van der Waals surface area contributed by atoms with Crippen molar-refractivity contribution in [3.63, 3.8) is 0 Å². The van der Waals surface area contributed by atoms with Gasteiger partial charge in [0.15, 0.2) is 23.6 Å². The molecule has 1 aromatic carbocycles. The summed E-state index contributed by atoms with van der Waals surface area (Å²) in [6.45, 7) is 3.57. The minimum absolute atomic E-state index is 0.193. The molecule has 0 fully saturated rings. The largest absolute Gasteiger partial charge is 0.619 e. The van der Waals surface area contributed by atoms with Crippen LogP contribution in [0, 0.1) is 5.21 Å². The summed E-state index contributed by atoms with van der Waals surface area (Å²) in [7, 11) is 0. The molecule has 7 nitrogen and oxygen atoms in total. The van der Waals surface area contributed by atoms with Gasteiger partial charge < -0.3 is 9.94 Å². The molecule has 1 atom stereocenters. The molecule has 2 heterocycles. The number of hydrogen-bond acceptors (Lipinski definition) is 6. The zero-order valence-corrected chi connectivity index (χ0v) is 16.2. The first-order chi connectivity index (χ1) is 13.5. The summed E-state index contributed by atoms with van der Waals surface area (Å²) in [5.74, 6) is -1.16. The highest BCUT2D eigenvalue weighted by Gasteiger charge is 2.20. The molecule has 0 bridgehead atoms. The highest BCUT2D eigenvalue weighted by Crippen LogP contribution is 2.25. The van der Waals surface area contributed by atoms with Crippen LogP contribution >= 0.6 is 11.3 Å². The Labute approximate surface area is 166 Å². The molecule has 28 heavy (non-hydrogen) atoms. The van der Waals surface area contributed by atoms with E-state index in [9.17, 15) is 14.8 Å². The molecule has 8 heteroatoms. The normalized spacial score (nSPS) is 11.6. The zero-order chi connectivity index (χ0) is 20.1. The van der Waals surface area contributed by atoms with Crippen LogP contribution in [0.3, 0.4) is 0 Å². The Morgan fingerprint density at radius 1 is 1.21 bits per heavy atom. The number of amides is 1. The SMILES string of the molecule is CCc1ccc(-c2csc(NC(=O)[C@H](C)OC(=O)c3cc[n+]([O-])cc3)n2)cc1. The van der Waals surface area contributed by atoms with Crippen LogP contribution in [0.25, 0.3) is 11.3 Å². The first-order valence-electron chi connectivity index (χ1n) is 8.71. The predicted molar refractivity (Wildman–Crippen MR) is 106 cm³/mol. The number of rotatable bonds is 6. The summed E-state index contributed by atoms with van der Waals surface area (Å²) >= 11 is 1.30. The van der Waals surface area contributed by atoms with E-state index < -0.39 is 18.0 Å². The summed E-state index contributed by atoms with van der Waals surface area (Å²) in [6, 6.07) is 10.7. The Bertz CT molecular complexity index is 968. The first-order valence-corrected chi connectivity index (χ1v) is 9.59. The van der Waals surface area contributed by atoms with Crippen molar-refractivity contribution in [2.45, 2.75) is 26.4 Å². The van der Waals surface area contributed by atoms with Gasteiger partial charge in [-0.05, 0) is 18.9 Å². The molecule has 0 saturated heterocycles. The Balaban J connectivity index is 1.60. The minimum atomic E-state index is -1.01. The Kier molecular flexibility index (Phi) is 6.00. The van der Waals surface area contributed by atoms with Gasteiger partial charge in [0, 0.05) is 23.1 Å². The molecule has 0 radical (unpaired) electrons. The lowest BCUT2D eigenvalue weighted by Crippen LogP contribution is -2.30. The monoisotopic (exact) mass is 397 g/mol. The van der Waals surface area contributed by atoms with Gasteiger partial charge in [0.1, 0.15) is 0 Å². The van der Waals surface area contributed by atoms with Crippen LogP contribution in [0.2, 0.25) is 0 Å². The van der Waals surface area contributed by atoms with Gasteiger partial charge in [0.05, 0.1) is 11.3 Å². The third-order valence-electron chi connectivity index (χ3n) is 4.08. The van der Waals surface area contributed by atoms with Crippen molar-refractivity contribution in [3.05, 3.63) is 70.5 Å². The van der Waals surface area contributed by atoms with Gasteiger partial charge in [-0.1, -0.05) is 31.2 Å². The lowest BCUT2D eigenvalue weighted by atomic mass is 10.1. The van der Waals surface area contributed by atoms with Crippen molar-refractivity contribution < 1.29 is 19.1 Å². The second-order valence-electron chi connectivity index (χ2n) is 6.07. The van der Waals surface area contributed by atoms with E-state index in [1.807, 2.05) is 29.6 Å². The van der Waals surface area contributed by atoms with Crippen LogP contribution in [-0.2, 0) is 16.0 Å². The fourth-order valence-electron chi connectivity index (χ4n) is 2.41. The van der Waals surface area contributed by atoms with E-state index >= 15 is 0 Å². The number of nitrogens with one attached hydrogen (secondary N) is 1. The zero-order valence-electron chi connectivity index (χ0n) is 15.4. The van der Waals surface area contributed by atoms with E-state index in [1.54, 1.807) is 0 Å². The van der Waals surface area contributed by atoms with Gasteiger partial charge in [-0.3, -0.25) is 10.1 Å². The van der Waals surface area contributed by atoms with Crippen molar-refractivity contribution >= 4 is 28.3 Å². The molecule has 1 amide bonds. The standard InChI is InChI=1S/C20H19N3O4S/c1-3-14-4-6-15(7-5-14)17-12-28-20(21-17)22-18(24)13(2)27-19(25)16-8-10-23(26)11-9-16/h4-13H,3H2,1-2H3,(H,21,22,24)/t13-/m0/s1. The molecule has 0 unspecified atom stereocenters. The van der Waals surface area contributed by atoms with E-state index in [0.717, 1.165) is 17.7 Å². The minimum Gasteiger partial charge on any atom is -0.619 e. The van der Waals surface area contributed by atoms with E-state index in [-0.39, 0.29) is 5.56 Å². The number of ether oxygens (including phenoxy) is 1. The summed E-state index contributed by atoms with van der Waals surface area (Å²) in [5, 5.41) is 15.9. The molecule has 0 saturated carbocycles. The van der Waals surface area contributed by atoms with Crippen LogP contribution in [-0.4, -0.2) is 23.0 Å². The van der Waals surface area contributed by atoms with E-state index in [0.29, 0.717) is 9.86 Å². The topological polar surface area (TPSA) is 95.2 Å². The number of hydrogen-bond donors (Lipinski definition) is 1. The smallest absolute Gasteiger partial charge is 0.339 e. The number of carbonyl (C=O) groups excluding carboxylic acids is 2. The number of aromatic nitrogens is 2. The third kappa shape index (κ3) is 4.72. The third-order valence-corrected chi connectivity index (χ3v) is 4.84. The number of aryl methyl sites for hydroxylation is 1. The molecule has 3 rings (SSSR count). The van der Waals surface area contributed by atoms with E-state index in [1.165, 1.54) is 48.4 Å². The van der Waals surface area contributed by atoms with Crippen molar-refractivity contribution in [3.8, 4) is 11.3 Å². The van der Waals surface area contributed by atoms with Gasteiger partial charge in [-0.25, -0.2) is 9.78 Å². The lowest BCUT2D eigenvalue weighted by Gasteiger charge is -2.12. The summed E-state index contributed by atoms with van der Waals surface area (Å²) in [5.41, 5.74) is 3.17. The second kappa shape index (κ2) is 8.62. The molecule has 0 aliphatic carbocycles. The fraction of sp³-hybridized carbons (Fsp3) is 0.200. The Morgan fingerprint density at radius 2 is 1.89 bits per heavy atom. The molecule has 144 valence electrons. The van der Waals surface area contributed by atoms with Crippen LogP contribution in [0.4, 0.5) is 5.13 Å². The maximum Gasteiger partial charge on any atom is 0.339 e. The maximum absolute atomic E-state index is 12.3. The number of benzene rings is 1. The van der Waals surface area contributed by atoms with Crippen LogP contribution in [0.5, 0.6) is 0 Å². The summed E-state index contributed by atoms with van der Waals surface area (Å²) in [4.78, 5) is 28.7. The van der Waals surface area contributed by atoms with Crippen molar-refractivity contribution in [1.82, 2.24) is 4.98 Å². The fourth-order valence-corrected chi connectivity index (χ4v) is 3.14. The Morgan fingerprint density at radius 3 is 2.54 bits per heavy atom. The maximum atomic E-state index is 12.3. The van der Waals surface area contributed by atoms with Crippen LogP contribution in [0.1, 0.15) is 29.8 Å². The number of pyridine rings is 1. The number of thiazole rings is 1. The second-order valence-corrected chi connectivity index (χ2v) is 6.93. The number of anilines is 1. The molecule has 0 spiro atoms. The van der Waals surface area contributed by atoms with Crippen molar-refractivity contribution in [2.75, 3.05) is 5.32 Å². The highest BCUT2D eigenvalue weighted by atomic mass is 32.1. The van der Waals surface area contributed by atoms with Crippen LogP contribution in [0.15, 0.2) is 54.2 Å². The van der Waals surface area contributed by atoms with E-state index in [4.69, 9.17) is 4.74 Å². The molecule has 0 aliphatic heterocycles. The molecule has 0 aliphatic rings. The summed E-state index contributed by atoms with van der Waals surface area (Å²) in [6.07, 6.45) is 2.33. The van der Waals surface area contributed by atoms with Crippen molar-refractivity contribution in [2.24, 2.45) is 0 Å². The van der Waals surface area contributed by atoms with Crippen molar-refractivity contribution in [1.29, 1.82) is 0 Å². The van der Waals surface area contributed by atoms with Crippen LogP contribution < -0.4 is 10.0 Å². The quantitative estimate of drug-likeness (QED) is 0.392. The lowest BCUT2D eigenvalue weighted by molar-refractivity contribution is -0.605. The summed E-state index contributed by atoms with van der Waals surface area (Å²) < 4.78 is 5.70. The average molecular weight is 397 g/mol. The molecule has 3 aromatic rings. The average Bonchev–Trinajstić information content (AvgIpc) is 3.17. The van der Waals surface area contributed by atoms with Gasteiger partial charge in [0.25, 0.3) is 5.91 Å². The molecular formula is C20H19N3O4S. The Hall–Kier alpha value is -3.26. The number of esters is 1. The van der Waals surface area contributed by atoms with E-state index in [2.05, 4.69) is 17.2 Å². The molecule has 2 aromatic heterocycles.